The predicted molar refractivity (Wildman–Crippen MR) is 93.3 cm³/mol. The Kier molecular flexibility index (Phi) is 5.39. The highest BCUT2D eigenvalue weighted by Gasteiger charge is 2.39. The Balaban J connectivity index is 2.33. The van der Waals surface area contributed by atoms with Crippen molar-refractivity contribution in [2.75, 3.05) is 13.2 Å². The smallest absolute Gasteiger partial charge is 0.450 e. The fourth-order valence-corrected chi connectivity index (χ4v) is 2.85. The van der Waals surface area contributed by atoms with Crippen molar-refractivity contribution in [2.24, 2.45) is 0 Å². The van der Waals surface area contributed by atoms with E-state index in [1.165, 1.54) is 12.1 Å². The Morgan fingerprint density at radius 2 is 1.75 bits per heavy atom. The Morgan fingerprint density at radius 3 is 2.36 bits per heavy atom. The number of hydrogen-bond acceptors (Lipinski definition) is 5. The summed E-state index contributed by atoms with van der Waals surface area (Å²) >= 11 is 0. The van der Waals surface area contributed by atoms with Crippen LogP contribution in [0.4, 0.5) is 17.6 Å². The van der Waals surface area contributed by atoms with E-state index >= 15 is 0 Å². The van der Waals surface area contributed by atoms with Crippen LogP contribution in [0, 0.1) is 5.82 Å². The minimum Gasteiger partial charge on any atom is -0.507 e. The molecule has 3 rings (SSSR count). The maximum absolute atomic E-state index is 13.6. The van der Waals surface area contributed by atoms with Crippen molar-refractivity contribution < 1.29 is 32.2 Å². The lowest BCUT2D eigenvalue weighted by atomic mass is 10.00. The fraction of sp³-hybridized carbons (Fsp3) is 0.211. The minimum atomic E-state index is -5.00. The molecule has 0 saturated carbocycles. The van der Waals surface area contributed by atoms with Crippen LogP contribution in [0.1, 0.15) is 11.3 Å². The highest BCUT2D eigenvalue weighted by atomic mass is 19.4. The lowest BCUT2D eigenvalue weighted by Gasteiger charge is -2.15. The molecule has 0 aliphatic rings. The molecular weight excluding hydrogens is 382 g/mol. The Labute approximate surface area is 155 Å². The largest absolute Gasteiger partial charge is 0.507 e. The first-order valence-electron chi connectivity index (χ1n) is 8.20. The lowest BCUT2D eigenvalue weighted by molar-refractivity contribution is -0.152. The molecule has 0 spiro atoms. The molecule has 3 N–H and O–H groups in total. The molecule has 148 valence electrons. The van der Waals surface area contributed by atoms with Gasteiger partial charge in [0.2, 0.25) is 11.2 Å². The second-order valence-electron chi connectivity index (χ2n) is 5.98. The van der Waals surface area contributed by atoms with Gasteiger partial charge in [-0.25, -0.2) is 4.39 Å². The number of nitrogens with one attached hydrogen (secondary N) is 1. The zero-order valence-corrected chi connectivity index (χ0v) is 14.3. The Morgan fingerprint density at radius 1 is 1.07 bits per heavy atom. The number of alkyl halides is 3. The fourth-order valence-electron chi connectivity index (χ4n) is 2.85. The van der Waals surface area contributed by atoms with Gasteiger partial charge in [0.1, 0.15) is 17.1 Å². The number of aromatic hydroxyl groups is 1. The SMILES string of the molecule is O=c1c(-c2ccc(F)cc2)c(C(F)(F)F)oc2c(CNCCO)c(O)ccc12. The van der Waals surface area contributed by atoms with Gasteiger partial charge < -0.3 is 19.9 Å². The predicted octanol–water partition coefficient (Wildman–Crippen LogP) is 3.41. The van der Waals surface area contributed by atoms with Gasteiger partial charge in [0.25, 0.3) is 0 Å². The number of fused-ring (bicyclic) bond motifs is 1. The van der Waals surface area contributed by atoms with E-state index in [1.807, 2.05) is 0 Å². The molecule has 0 fully saturated rings. The number of phenolic OH excluding ortho intramolecular Hbond substituents is 1. The number of aliphatic hydroxyl groups is 1. The minimum absolute atomic E-state index is 0.0424. The van der Waals surface area contributed by atoms with Crippen molar-refractivity contribution in [3.8, 4) is 16.9 Å². The van der Waals surface area contributed by atoms with Gasteiger partial charge in [0.15, 0.2) is 0 Å². The van der Waals surface area contributed by atoms with Crippen LogP contribution in [0.15, 0.2) is 45.6 Å². The van der Waals surface area contributed by atoms with Crippen molar-refractivity contribution in [3.05, 3.63) is 63.8 Å². The van der Waals surface area contributed by atoms with Crippen LogP contribution in [-0.4, -0.2) is 23.4 Å². The van der Waals surface area contributed by atoms with E-state index in [4.69, 9.17) is 9.52 Å². The molecule has 3 aromatic rings. The van der Waals surface area contributed by atoms with E-state index in [0.717, 1.165) is 24.3 Å². The number of halogens is 4. The van der Waals surface area contributed by atoms with E-state index in [9.17, 15) is 27.5 Å². The maximum atomic E-state index is 13.6. The zero-order chi connectivity index (χ0) is 20.5. The molecule has 5 nitrogen and oxygen atoms in total. The van der Waals surface area contributed by atoms with Gasteiger partial charge in [-0.15, -0.1) is 0 Å². The van der Waals surface area contributed by atoms with Crippen LogP contribution in [0.2, 0.25) is 0 Å². The molecule has 2 aromatic carbocycles. The molecule has 0 aliphatic carbocycles. The Bertz CT molecular complexity index is 1060. The topological polar surface area (TPSA) is 82.7 Å². The van der Waals surface area contributed by atoms with Crippen molar-refractivity contribution in [1.82, 2.24) is 5.32 Å². The number of hydrogen-bond donors (Lipinski definition) is 3. The summed E-state index contributed by atoms with van der Waals surface area (Å²) in [7, 11) is 0. The average molecular weight is 397 g/mol. The number of phenols is 1. The van der Waals surface area contributed by atoms with Gasteiger partial charge in [0, 0.05) is 13.1 Å². The van der Waals surface area contributed by atoms with Gasteiger partial charge in [-0.1, -0.05) is 12.1 Å². The quantitative estimate of drug-likeness (QED) is 0.454. The third kappa shape index (κ3) is 3.71. The van der Waals surface area contributed by atoms with Crippen LogP contribution < -0.4 is 10.7 Å². The van der Waals surface area contributed by atoms with E-state index in [2.05, 4.69) is 5.32 Å². The lowest BCUT2D eigenvalue weighted by Crippen LogP contribution is -2.19. The Hall–Kier alpha value is -2.91. The summed E-state index contributed by atoms with van der Waals surface area (Å²) < 4.78 is 59.2. The van der Waals surface area contributed by atoms with Crippen LogP contribution in [0.5, 0.6) is 5.75 Å². The van der Waals surface area contributed by atoms with E-state index in [1.54, 1.807) is 0 Å². The van der Waals surface area contributed by atoms with E-state index in [0.29, 0.717) is 0 Å². The van der Waals surface area contributed by atoms with Gasteiger partial charge in [-0.3, -0.25) is 4.79 Å². The van der Waals surface area contributed by atoms with Crippen LogP contribution in [0.25, 0.3) is 22.1 Å². The summed E-state index contributed by atoms with van der Waals surface area (Å²) in [4.78, 5) is 12.9. The summed E-state index contributed by atoms with van der Waals surface area (Å²) in [5, 5.41) is 21.4. The van der Waals surface area contributed by atoms with Crippen molar-refractivity contribution in [2.45, 2.75) is 12.7 Å². The van der Waals surface area contributed by atoms with Crippen molar-refractivity contribution >= 4 is 11.0 Å². The molecule has 28 heavy (non-hydrogen) atoms. The summed E-state index contributed by atoms with van der Waals surface area (Å²) in [6.07, 6.45) is -5.00. The van der Waals surface area contributed by atoms with Gasteiger partial charge in [-0.05, 0) is 29.8 Å². The molecule has 0 amide bonds. The molecule has 1 aromatic heterocycles. The maximum Gasteiger partial charge on any atom is 0.450 e. The molecule has 0 bridgehead atoms. The van der Waals surface area contributed by atoms with E-state index < -0.39 is 34.3 Å². The van der Waals surface area contributed by atoms with Gasteiger partial charge in [-0.2, -0.15) is 13.2 Å². The summed E-state index contributed by atoms with van der Waals surface area (Å²) in [6, 6.07) is 6.36. The van der Waals surface area contributed by atoms with Gasteiger partial charge in [0.05, 0.1) is 23.1 Å². The molecule has 0 saturated heterocycles. The van der Waals surface area contributed by atoms with Crippen molar-refractivity contribution in [1.29, 1.82) is 0 Å². The monoisotopic (exact) mass is 397 g/mol. The second-order valence-corrected chi connectivity index (χ2v) is 5.98. The van der Waals surface area contributed by atoms with Gasteiger partial charge >= 0.3 is 6.18 Å². The molecule has 0 aliphatic heterocycles. The normalized spacial score (nSPS) is 11.9. The first kappa shape index (κ1) is 19.8. The second kappa shape index (κ2) is 7.61. The van der Waals surface area contributed by atoms with Crippen LogP contribution in [0.3, 0.4) is 0 Å². The average Bonchev–Trinajstić information content (AvgIpc) is 2.63. The van der Waals surface area contributed by atoms with Crippen LogP contribution >= 0.6 is 0 Å². The zero-order valence-electron chi connectivity index (χ0n) is 14.3. The number of rotatable bonds is 5. The third-order valence-corrected chi connectivity index (χ3v) is 4.12. The highest BCUT2D eigenvalue weighted by molar-refractivity contribution is 5.86. The third-order valence-electron chi connectivity index (χ3n) is 4.12. The molecule has 0 atom stereocenters. The summed E-state index contributed by atoms with van der Waals surface area (Å²) in [5.74, 6) is -2.56. The molecule has 0 unspecified atom stereocenters. The van der Waals surface area contributed by atoms with Crippen molar-refractivity contribution in [3.63, 3.8) is 0 Å². The molecule has 0 radical (unpaired) electrons. The first-order chi connectivity index (χ1) is 13.2. The van der Waals surface area contributed by atoms with Crippen LogP contribution in [-0.2, 0) is 12.7 Å². The number of aliphatic hydroxyl groups excluding tert-OH is 1. The first-order valence-corrected chi connectivity index (χ1v) is 8.20. The molecule has 1 heterocycles. The van der Waals surface area contributed by atoms with E-state index in [-0.39, 0.29) is 42.0 Å². The molecule has 9 heteroatoms. The molecular formula is C19H15F4NO4. The standard InChI is InChI=1S/C19H15F4NO4/c20-11-3-1-10(2-4-11)15-16(27)12-5-6-14(26)13(9-24-7-8-25)17(12)28-18(15)19(21,22)23/h1-6,24-26H,7-9H2. The number of benzene rings is 2. The summed E-state index contributed by atoms with van der Waals surface area (Å²) in [5.41, 5.74) is -2.28. The summed E-state index contributed by atoms with van der Waals surface area (Å²) in [6.45, 7) is -0.224. The highest BCUT2D eigenvalue weighted by Crippen LogP contribution is 2.39.